The van der Waals surface area contributed by atoms with Crippen LogP contribution in [0.5, 0.6) is 0 Å². The number of nitrogens with zero attached hydrogens (tertiary/aromatic N) is 3. The molecule has 1 aliphatic rings. The van der Waals surface area contributed by atoms with E-state index in [4.69, 9.17) is 5.26 Å². The molecular weight excluding hydrogens is 246 g/mol. The molecule has 3 rings (SSSR count). The van der Waals surface area contributed by atoms with Crippen LogP contribution in [0.15, 0.2) is 48.7 Å². The van der Waals surface area contributed by atoms with Crippen molar-refractivity contribution in [2.45, 2.75) is 18.9 Å². The summed E-state index contributed by atoms with van der Waals surface area (Å²) in [7, 11) is 0. The molecular formula is C17H17N3. The van der Waals surface area contributed by atoms with E-state index in [-0.39, 0.29) is 0 Å². The lowest BCUT2D eigenvalue weighted by Gasteiger charge is -2.16. The van der Waals surface area contributed by atoms with E-state index in [1.165, 1.54) is 12.0 Å². The monoisotopic (exact) mass is 263 g/mol. The minimum Gasteiger partial charge on any atom is -0.298 e. The van der Waals surface area contributed by atoms with Crippen molar-refractivity contribution >= 4 is 0 Å². The second-order valence-electron chi connectivity index (χ2n) is 5.25. The summed E-state index contributed by atoms with van der Waals surface area (Å²) in [4.78, 5) is 6.54. The van der Waals surface area contributed by atoms with Gasteiger partial charge in [0, 0.05) is 24.8 Å². The molecule has 0 saturated carbocycles. The van der Waals surface area contributed by atoms with E-state index < -0.39 is 0 Å². The highest BCUT2D eigenvalue weighted by atomic mass is 15.1. The molecule has 1 aromatic heterocycles. The summed E-state index contributed by atoms with van der Waals surface area (Å²) in [5.74, 6) is 0.610. The van der Waals surface area contributed by atoms with Gasteiger partial charge in [0.15, 0.2) is 0 Å². The molecule has 100 valence electrons. The fourth-order valence-electron chi connectivity index (χ4n) is 2.88. The molecule has 0 aliphatic carbocycles. The van der Waals surface area contributed by atoms with E-state index in [1.807, 2.05) is 12.1 Å². The lowest BCUT2D eigenvalue weighted by atomic mass is 9.99. The Morgan fingerprint density at radius 2 is 2.05 bits per heavy atom. The van der Waals surface area contributed by atoms with Crippen LogP contribution in [0.4, 0.5) is 0 Å². The lowest BCUT2D eigenvalue weighted by molar-refractivity contribution is 0.326. The fraction of sp³-hybridized carbons (Fsp3) is 0.294. The maximum absolute atomic E-state index is 9.09. The van der Waals surface area contributed by atoms with Crippen molar-refractivity contribution in [3.63, 3.8) is 0 Å². The first-order chi connectivity index (χ1) is 9.86. The van der Waals surface area contributed by atoms with Crippen LogP contribution in [0.2, 0.25) is 0 Å². The van der Waals surface area contributed by atoms with Crippen LogP contribution in [-0.2, 0) is 6.54 Å². The van der Waals surface area contributed by atoms with Gasteiger partial charge in [-0.2, -0.15) is 5.26 Å². The number of benzene rings is 1. The minimum atomic E-state index is 0.552. The SMILES string of the molecule is N#Cc1ncccc1CN1CCC(c2ccccc2)C1. The van der Waals surface area contributed by atoms with Gasteiger partial charge in [0.25, 0.3) is 0 Å². The fourth-order valence-corrected chi connectivity index (χ4v) is 2.88. The van der Waals surface area contributed by atoms with Crippen LogP contribution in [0.1, 0.15) is 29.2 Å². The zero-order valence-electron chi connectivity index (χ0n) is 11.4. The topological polar surface area (TPSA) is 39.9 Å². The molecule has 1 unspecified atom stereocenters. The quantitative estimate of drug-likeness (QED) is 0.854. The molecule has 1 atom stereocenters. The van der Waals surface area contributed by atoms with Crippen LogP contribution in [0, 0.1) is 11.3 Å². The Labute approximate surface area is 119 Å². The van der Waals surface area contributed by atoms with Gasteiger partial charge >= 0.3 is 0 Å². The molecule has 1 aliphatic heterocycles. The Bertz CT molecular complexity index is 616. The van der Waals surface area contributed by atoms with E-state index in [0.717, 1.165) is 25.2 Å². The maximum atomic E-state index is 9.09. The number of hydrogen-bond donors (Lipinski definition) is 0. The highest BCUT2D eigenvalue weighted by Crippen LogP contribution is 2.28. The third-order valence-corrected chi connectivity index (χ3v) is 3.93. The summed E-state index contributed by atoms with van der Waals surface area (Å²) in [5.41, 5.74) is 3.00. The van der Waals surface area contributed by atoms with E-state index in [1.54, 1.807) is 6.20 Å². The Hall–Kier alpha value is -2.18. The van der Waals surface area contributed by atoms with E-state index in [0.29, 0.717) is 11.6 Å². The van der Waals surface area contributed by atoms with Crippen molar-refractivity contribution in [3.8, 4) is 6.07 Å². The van der Waals surface area contributed by atoms with Crippen molar-refractivity contribution in [1.82, 2.24) is 9.88 Å². The molecule has 1 saturated heterocycles. The van der Waals surface area contributed by atoms with Crippen molar-refractivity contribution < 1.29 is 0 Å². The van der Waals surface area contributed by atoms with Crippen LogP contribution >= 0.6 is 0 Å². The Kier molecular flexibility index (Phi) is 3.76. The van der Waals surface area contributed by atoms with Gasteiger partial charge in [0.1, 0.15) is 11.8 Å². The predicted octanol–water partition coefficient (Wildman–Crippen LogP) is 2.94. The molecule has 2 aromatic rings. The summed E-state index contributed by atoms with van der Waals surface area (Å²) < 4.78 is 0. The maximum Gasteiger partial charge on any atom is 0.144 e. The minimum absolute atomic E-state index is 0.552. The van der Waals surface area contributed by atoms with Gasteiger partial charge in [-0.05, 0) is 30.5 Å². The number of rotatable bonds is 3. The van der Waals surface area contributed by atoms with Gasteiger partial charge in [-0.15, -0.1) is 0 Å². The van der Waals surface area contributed by atoms with Crippen LogP contribution < -0.4 is 0 Å². The molecule has 0 amide bonds. The van der Waals surface area contributed by atoms with Crippen molar-refractivity contribution in [3.05, 3.63) is 65.5 Å². The molecule has 20 heavy (non-hydrogen) atoms. The van der Waals surface area contributed by atoms with Gasteiger partial charge in [-0.3, -0.25) is 4.90 Å². The zero-order valence-corrected chi connectivity index (χ0v) is 11.4. The molecule has 1 aromatic carbocycles. The average Bonchev–Trinajstić information content (AvgIpc) is 2.97. The van der Waals surface area contributed by atoms with E-state index >= 15 is 0 Å². The second-order valence-corrected chi connectivity index (χ2v) is 5.25. The highest BCUT2D eigenvalue weighted by molar-refractivity contribution is 5.30. The summed E-state index contributed by atoms with van der Waals surface area (Å²) in [6.07, 6.45) is 2.87. The predicted molar refractivity (Wildman–Crippen MR) is 78.0 cm³/mol. The molecule has 0 N–H and O–H groups in total. The summed E-state index contributed by atoms with van der Waals surface area (Å²) in [6, 6.07) is 16.8. The molecule has 3 nitrogen and oxygen atoms in total. The summed E-state index contributed by atoms with van der Waals surface area (Å²) in [5, 5.41) is 9.09. The normalized spacial score (nSPS) is 18.9. The first-order valence-electron chi connectivity index (χ1n) is 6.98. The van der Waals surface area contributed by atoms with Crippen LogP contribution in [0.25, 0.3) is 0 Å². The Morgan fingerprint density at radius 1 is 1.20 bits per heavy atom. The van der Waals surface area contributed by atoms with Gasteiger partial charge in [-0.25, -0.2) is 4.98 Å². The second kappa shape index (κ2) is 5.85. The van der Waals surface area contributed by atoms with Crippen molar-refractivity contribution in [2.75, 3.05) is 13.1 Å². The molecule has 0 bridgehead atoms. The number of hydrogen-bond acceptors (Lipinski definition) is 3. The third kappa shape index (κ3) is 2.71. The van der Waals surface area contributed by atoms with Gasteiger partial charge in [0.2, 0.25) is 0 Å². The van der Waals surface area contributed by atoms with Crippen LogP contribution in [0.3, 0.4) is 0 Å². The van der Waals surface area contributed by atoms with E-state index in [9.17, 15) is 0 Å². The molecule has 3 heteroatoms. The molecule has 1 fully saturated rings. The Balaban J connectivity index is 1.68. The largest absolute Gasteiger partial charge is 0.298 e. The smallest absolute Gasteiger partial charge is 0.144 e. The van der Waals surface area contributed by atoms with Crippen LogP contribution in [-0.4, -0.2) is 23.0 Å². The van der Waals surface area contributed by atoms with Gasteiger partial charge in [-0.1, -0.05) is 36.4 Å². The Morgan fingerprint density at radius 3 is 2.85 bits per heavy atom. The average molecular weight is 263 g/mol. The van der Waals surface area contributed by atoms with Gasteiger partial charge in [0.05, 0.1) is 0 Å². The number of pyridine rings is 1. The summed E-state index contributed by atoms with van der Waals surface area (Å²) in [6.45, 7) is 2.96. The van der Waals surface area contributed by atoms with Crippen molar-refractivity contribution in [2.24, 2.45) is 0 Å². The first-order valence-corrected chi connectivity index (χ1v) is 6.98. The summed E-state index contributed by atoms with van der Waals surface area (Å²) >= 11 is 0. The van der Waals surface area contributed by atoms with Crippen molar-refractivity contribution in [1.29, 1.82) is 5.26 Å². The first kappa shape index (κ1) is 12.8. The number of aromatic nitrogens is 1. The number of nitriles is 1. The lowest BCUT2D eigenvalue weighted by Crippen LogP contribution is -2.20. The van der Waals surface area contributed by atoms with E-state index in [2.05, 4.69) is 46.3 Å². The van der Waals surface area contributed by atoms with Gasteiger partial charge < -0.3 is 0 Å². The highest BCUT2D eigenvalue weighted by Gasteiger charge is 2.24. The molecule has 0 radical (unpaired) electrons. The standard InChI is InChI=1S/C17H17N3/c18-11-17-16(7-4-9-19-17)13-20-10-8-15(12-20)14-5-2-1-3-6-14/h1-7,9,15H,8,10,12-13H2. The molecule has 2 heterocycles. The zero-order chi connectivity index (χ0) is 13.8. The third-order valence-electron chi connectivity index (χ3n) is 3.93. The molecule has 0 spiro atoms. The number of likely N-dealkylation sites (tertiary alicyclic amines) is 1.